The van der Waals surface area contributed by atoms with Gasteiger partial charge in [0.25, 0.3) is 0 Å². The molecule has 9 heteroatoms. The molecular formula is C20H20FN5O2S. The third kappa shape index (κ3) is 4.10. The number of aromatic nitrogens is 3. The molecule has 1 aromatic carbocycles. The summed E-state index contributed by atoms with van der Waals surface area (Å²) in [5.74, 6) is 0.279. The Morgan fingerprint density at radius 3 is 2.69 bits per heavy atom. The minimum Gasteiger partial charge on any atom is -0.340 e. The fourth-order valence-corrected chi connectivity index (χ4v) is 4.15. The van der Waals surface area contributed by atoms with Crippen molar-refractivity contribution in [1.29, 1.82) is 0 Å². The van der Waals surface area contributed by atoms with Crippen molar-refractivity contribution in [3.63, 3.8) is 0 Å². The summed E-state index contributed by atoms with van der Waals surface area (Å²) in [5, 5.41) is 3.31. The summed E-state index contributed by atoms with van der Waals surface area (Å²) in [4.78, 5) is 12.8. The molecule has 0 aliphatic carbocycles. The van der Waals surface area contributed by atoms with E-state index >= 15 is 0 Å². The molecule has 0 atom stereocenters. The number of anilines is 2. The van der Waals surface area contributed by atoms with Crippen molar-refractivity contribution in [3.8, 4) is 11.3 Å². The molecule has 1 N–H and O–H groups in total. The van der Waals surface area contributed by atoms with Gasteiger partial charge in [-0.15, -0.1) is 0 Å². The van der Waals surface area contributed by atoms with Gasteiger partial charge in [-0.2, -0.15) is 4.31 Å². The van der Waals surface area contributed by atoms with Crippen LogP contribution in [0.4, 0.5) is 15.9 Å². The Labute approximate surface area is 168 Å². The van der Waals surface area contributed by atoms with Crippen molar-refractivity contribution < 1.29 is 12.8 Å². The van der Waals surface area contributed by atoms with Gasteiger partial charge in [-0.25, -0.2) is 22.8 Å². The van der Waals surface area contributed by atoms with Gasteiger partial charge >= 0.3 is 0 Å². The zero-order valence-electron chi connectivity index (χ0n) is 16.1. The van der Waals surface area contributed by atoms with E-state index in [0.717, 1.165) is 22.4 Å². The van der Waals surface area contributed by atoms with Crippen LogP contribution in [0.2, 0.25) is 0 Å². The highest BCUT2D eigenvalue weighted by Crippen LogP contribution is 2.29. The molecule has 0 unspecified atom stereocenters. The Morgan fingerprint density at radius 2 is 1.97 bits per heavy atom. The van der Waals surface area contributed by atoms with E-state index in [9.17, 15) is 12.8 Å². The summed E-state index contributed by atoms with van der Waals surface area (Å²) in [7, 11) is -3.27. The third-order valence-corrected chi connectivity index (χ3v) is 6.19. The first-order chi connectivity index (χ1) is 13.8. The molecule has 0 spiro atoms. The summed E-state index contributed by atoms with van der Waals surface area (Å²) in [6.07, 6.45) is 4.37. The number of hydrogen-bond donors (Lipinski definition) is 1. The van der Waals surface area contributed by atoms with Gasteiger partial charge in [0.2, 0.25) is 10.0 Å². The SMILES string of the molecule is Cc1ccc(Nc2ncnc3c2CCN(S(C)(=O)=O)C3)cc1-c1ccc(F)cn1. The molecule has 0 bridgehead atoms. The van der Waals surface area contributed by atoms with E-state index in [0.29, 0.717) is 30.2 Å². The Bertz CT molecular complexity index is 1170. The second kappa shape index (κ2) is 7.49. The molecule has 150 valence electrons. The first-order valence-electron chi connectivity index (χ1n) is 9.09. The fourth-order valence-electron chi connectivity index (χ4n) is 3.37. The van der Waals surface area contributed by atoms with Crippen LogP contribution in [0, 0.1) is 12.7 Å². The van der Waals surface area contributed by atoms with Crippen LogP contribution in [0.15, 0.2) is 42.9 Å². The van der Waals surface area contributed by atoms with Crippen molar-refractivity contribution in [2.24, 2.45) is 0 Å². The maximum atomic E-state index is 13.2. The maximum absolute atomic E-state index is 13.2. The zero-order valence-corrected chi connectivity index (χ0v) is 16.9. The number of hydrogen-bond acceptors (Lipinski definition) is 6. The summed E-state index contributed by atoms with van der Waals surface area (Å²) >= 11 is 0. The first kappa shape index (κ1) is 19.4. The van der Waals surface area contributed by atoms with Gasteiger partial charge in [-0.3, -0.25) is 4.98 Å². The summed E-state index contributed by atoms with van der Waals surface area (Å²) in [5.41, 5.74) is 5.01. The lowest BCUT2D eigenvalue weighted by atomic mass is 10.0. The van der Waals surface area contributed by atoms with Crippen molar-refractivity contribution >= 4 is 21.5 Å². The Morgan fingerprint density at radius 1 is 1.14 bits per heavy atom. The highest BCUT2D eigenvalue weighted by molar-refractivity contribution is 7.88. The number of nitrogens with zero attached hydrogens (tertiary/aromatic N) is 4. The third-order valence-electron chi connectivity index (χ3n) is 4.94. The molecule has 3 heterocycles. The van der Waals surface area contributed by atoms with Crippen LogP contribution in [0.1, 0.15) is 16.8 Å². The van der Waals surface area contributed by atoms with Gasteiger partial charge in [0.15, 0.2) is 0 Å². The van der Waals surface area contributed by atoms with Crippen LogP contribution in [-0.2, 0) is 23.0 Å². The van der Waals surface area contributed by atoms with Gasteiger partial charge in [0.1, 0.15) is 18.0 Å². The van der Waals surface area contributed by atoms with E-state index in [1.54, 1.807) is 6.07 Å². The number of nitrogens with one attached hydrogen (secondary N) is 1. The molecule has 1 aliphatic rings. The Kier molecular flexibility index (Phi) is 5.01. The monoisotopic (exact) mass is 413 g/mol. The zero-order chi connectivity index (χ0) is 20.6. The number of benzene rings is 1. The summed E-state index contributed by atoms with van der Waals surface area (Å²) < 4.78 is 38.3. The van der Waals surface area contributed by atoms with Crippen LogP contribution in [0.3, 0.4) is 0 Å². The average molecular weight is 413 g/mol. The number of sulfonamides is 1. The van der Waals surface area contributed by atoms with Crippen LogP contribution in [0.5, 0.6) is 0 Å². The molecular weight excluding hydrogens is 393 g/mol. The van der Waals surface area contributed by atoms with Crippen LogP contribution in [-0.4, -0.2) is 40.5 Å². The lowest BCUT2D eigenvalue weighted by Crippen LogP contribution is -2.36. The molecule has 0 fully saturated rings. The topological polar surface area (TPSA) is 88.1 Å². The summed E-state index contributed by atoms with van der Waals surface area (Å²) in [6.45, 7) is 2.60. The highest BCUT2D eigenvalue weighted by Gasteiger charge is 2.26. The van der Waals surface area contributed by atoms with Gasteiger partial charge in [0.05, 0.1) is 30.4 Å². The number of halogens is 1. The van der Waals surface area contributed by atoms with E-state index in [-0.39, 0.29) is 12.4 Å². The molecule has 29 heavy (non-hydrogen) atoms. The average Bonchev–Trinajstić information content (AvgIpc) is 2.69. The van der Waals surface area contributed by atoms with Crippen molar-refractivity contribution in [2.45, 2.75) is 19.9 Å². The lowest BCUT2D eigenvalue weighted by molar-refractivity contribution is 0.388. The number of rotatable bonds is 4. The van der Waals surface area contributed by atoms with Crippen LogP contribution < -0.4 is 5.32 Å². The molecule has 1 aliphatic heterocycles. The molecule has 4 rings (SSSR count). The predicted octanol–water partition coefficient (Wildman–Crippen LogP) is 3.05. The summed E-state index contributed by atoms with van der Waals surface area (Å²) in [6, 6.07) is 8.86. The van der Waals surface area contributed by atoms with E-state index in [4.69, 9.17) is 0 Å². The molecule has 7 nitrogen and oxygen atoms in total. The largest absolute Gasteiger partial charge is 0.340 e. The fraction of sp³-hybridized carbons (Fsp3) is 0.250. The van der Waals surface area contributed by atoms with Crippen LogP contribution >= 0.6 is 0 Å². The molecule has 3 aromatic rings. The van der Waals surface area contributed by atoms with E-state index in [1.807, 2.05) is 25.1 Å². The smallest absolute Gasteiger partial charge is 0.211 e. The first-order valence-corrected chi connectivity index (χ1v) is 10.9. The van der Waals surface area contributed by atoms with Crippen molar-refractivity contribution in [3.05, 3.63) is 65.5 Å². The molecule has 2 aromatic heterocycles. The predicted molar refractivity (Wildman–Crippen MR) is 109 cm³/mol. The Hall–Kier alpha value is -2.91. The number of aryl methyl sites for hydroxylation is 1. The van der Waals surface area contributed by atoms with Crippen molar-refractivity contribution in [2.75, 3.05) is 18.1 Å². The van der Waals surface area contributed by atoms with Crippen molar-refractivity contribution in [1.82, 2.24) is 19.3 Å². The molecule has 0 saturated heterocycles. The minimum absolute atomic E-state index is 0.240. The standard InChI is InChI=1S/C20H20FN5O2S/c1-13-3-5-15(9-17(13)18-6-4-14(21)10-22-18)25-20-16-7-8-26(29(2,27)28)11-19(16)23-12-24-20/h3-6,9-10,12H,7-8,11H2,1-2H3,(H,23,24,25). The van der Waals surface area contributed by atoms with Crippen LogP contribution in [0.25, 0.3) is 11.3 Å². The maximum Gasteiger partial charge on any atom is 0.211 e. The van der Waals surface area contributed by atoms with E-state index < -0.39 is 10.0 Å². The number of fused-ring (bicyclic) bond motifs is 1. The number of pyridine rings is 1. The Balaban J connectivity index is 1.64. The van der Waals surface area contributed by atoms with Gasteiger partial charge in [-0.05, 0) is 43.2 Å². The van der Waals surface area contributed by atoms with Gasteiger partial charge in [-0.1, -0.05) is 6.07 Å². The second-order valence-electron chi connectivity index (χ2n) is 7.01. The molecule has 0 saturated carbocycles. The second-order valence-corrected chi connectivity index (χ2v) is 8.99. The highest BCUT2D eigenvalue weighted by atomic mass is 32.2. The van der Waals surface area contributed by atoms with Gasteiger partial charge < -0.3 is 5.32 Å². The minimum atomic E-state index is -3.27. The van der Waals surface area contributed by atoms with E-state index in [2.05, 4.69) is 20.3 Å². The van der Waals surface area contributed by atoms with Gasteiger partial charge in [0, 0.05) is 23.4 Å². The normalized spacial score (nSPS) is 14.4. The lowest BCUT2D eigenvalue weighted by Gasteiger charge is -2.27. The van der Waals surface area contributed by atoms with E-state index in [1.165, 1.54) is 29.2 Å². The quantitative estimate of drug-likeness (QED) is 0.707. The molecule has 0 amide bonds. The molecule has 0 radical (unpaired) electrons.